The first-order valence-corrected chi connectivity index (χ1v) is 9.65. The van der Waals surface area contributed by atoms with Crippen LogP contribution in [-0.4, -0.2) is 30.4 Å². The zero-order valence-electron chi connectivity index (χ0n) is 14.7. The third-order valence-corrected chi connectivity index (χ3v) is 5.65. The molecule has 2 N–H and O–H groups in total. The minimum absolute atomic E-state index is 0.103. The Morgan fingerprint density at radius 2 is 2.00 bits per heavy atom. The van der Waals surface area contributed by atoms with Crippen molar-refractivity contribution in [2.45, 2.75) is 82.5 Å². The third-order valence-electron chi connectivity index (χ3n) is 5.65. The highest BCUT2D eigenvalue weighted by Gasteiger charge is 2.41. The Bertz CT molecular complexity index is 600. The van der Waals surface area contributed by atoms with E-state index in [2.05, 4.69) is 22.8 Å². The average molecular weight is 344 g/mol. The molecule has 2 bridgehead atoms. The minimum Gasteiger partial charge on any atom is -0.374 e. The van der Waals surface area contributed by atoms with Gasteiger partial charge in [-0.1, -0.05) is 37.1 Å². The molecule has 0 aromatic heterocycles. The number of benzene rings is 1. The van der Waals surface area contributed by atoms with E-state index in [1.54, 1.807) is 0 Å². The number of ether oxygens (including phenoxy) is 2. The van der Waals surface area contributed by atoms with E-state index in [1.807, 2.05) is 12.1 Å². The lowest BCUT2D eigenvalue weighted by Crippen LogP contribution is -2.46. The normalized spacial score (nSPS) is 28.4. The average Bonchev–Trinajstić information content (AvgIpc) is 3.36. The van der Waals surface area contributed by atoms with Crippen molar-refractivity contribution in [3.8, 4) is 0 Å². The highest BCUT2D eigenvalue weighted by Crippen LogP contribution is 2.34. The maximum absolute atomic E-state index is 12.1. The van der Waals surface area contributed by atoms with E-state index in [-0.39, 0.29) is 18.2 Å². The predicted molar refractivity (Wildman–Crippen MR) is 95.2 cm³/mol. The molecule has 0 spiro atoms. The number of fused-ring (bicyclic) bond motifs is 2. The Morgan fingerprint density at radius 1 is 1.16 bits per heavy atom. The summed E-state index contributed by atoms with van der Waals surface area (Å²) in [5.74, 6) is 0. The standard InChI is InChI=1S/C20H28N2O3/c23-20(22-18-11-17-8-9-19(18)25-17)21-12-14-4-3-5-15(10-14)13-24-16-6-1-2-7-16/h3-5,10,16-19H,1-2,6-9,11-13H2,(H2,21,22,23)/t17-,18-,19-/m1/s1. The second-order valence-corrected chi connectivity index (χ2v) is 7.58. The van der Waals surface area contributed by atoms with E-state index in [1.165, 1.54) is 31.2 Å². The van der Waals surface area contributed by atoms with Gasteiger partial charge in [0.15, 0.2) is 0 Å². The number of nitrogens with one attached hydrogen (secondary N) is 2. The lowest BCUT2D eigenvalue weighted by molar-refractivity contribution is 0.0456. The molecule has 3 atom stereocenters. The van der Waals surface area contributed by atoms with Gasteiger partial charge in [-0.05, 0) is 43.2 Å². The zero-order chi connectivity index (χ0) is 17.1. The molecule has 2 heterocycles. The van der Waals surface area contributed by atoms with E-state index < -0.39 is 0 Å². The van der Waals surface area contributed by atoms with Crippen LogP contribution >= 0.6 is 0 Å². The fourth-order valence-corrected chi connectivity index (χ4v) is 4.29. The van der Waals surface area contributed by atoms with E-state index in [0.717, 1.165) is 24.8 Å². The van der Waals surface area contributed by atoms with Crippen molar-refractivity contribution in [1.82, 2.24) is 10.6 Å². The van der Waals surface area contributed by atoms with Gasteiger partial charge in [-0.15, -0.1) is 0 Å². The smallest absolute Gasteiger partial charge is 0.315 e. The quantitative estimate of drug-likeness (QED) is 0.833. The van der Waals surface area contributed by atoms with Gasteiger partial charge in [0, 0.05) is 6.54 Å². The van der Waals surface area contributed by atoms with Crippen molar-refractivity contribution in [2.75, 3.05) is 0 Å². The molecule has 25 heavy (non-hydrogen) atoms. The number of hydrogen-bond donors (Lipinski definition) is 2. The zero-order valence-corrected chi connectivity index (χ0v) is 14.7. The Balaban J connectivity index is 1.22. The third kappa shape index (κ3) is 4.33. The van der Waals surface area contributed by atoms with Crippen LogP contribution in [0.15, 0.2) is 24.3 Å². The molecule has 3 fully saturated rings. The van der Waals surface area contributed by atoms with Crippen LogP contribution in [0.3, 0.4) is 0 Å². The first-order chi connectivity index (χ1) is 12.3. The predicted octanol–water partition coefficient (Wildman–Crippen LogP) is 3.26. The highest BCUT2D eigenvalue weighted by atomic mass is 16.5. The molecular formula is C20H28N2O3. The molecule has 5 nitrogen and oxygen atoms in total. The van der Waals surface area contributed by atoms with E-state index in [9.17, 15) is 4.79 Å². The van der Waals surface area contributed by atoms with Crippen molar-refractivity contribution in [1.29, 1.82) is 0 Å². The van der Waals surface area contributed by atoms with Crippen LogP contribution in [0.5, 0.6) is 0 Å². The van der Waals surface area contributed by atoms with Crippen LogP contribution in [0.4, 0.5) is 4.79 Å². The summed E-state index contributed by atoms with van der Waals surface area (Å²) in [4.78, 5) is 12.1. The van der Waals surface area contributed by atoms with Gasteiger partial charge in [0.2, 0.25) is 0 Å². The van der Waals surface area contributed by atoms with Crippen LogP contribution in [0, 0.1) is 0 Å². The van der Waals surface area contributed by atoms with Crippen molar-refractivity contribution in [3.63, 3.8) is 0 Å². The lowest BCUT2D eigenvalue weighted by atomic mass is 9.96. The number of amides is 2. The van der Waals surface area contributed by atoms with Crippen molar-refractivity contribution in [2.24, 2.45) is 0 Å². The minimum atomic E-state index is -0.103. The van der Waals surface area contributed by atoms with Crippen LogP contribution in [0.25, 0.3) is 0 Å². The number of hydrogen-bond acceptors (Lipinski definition) is 3. The Labute approximate surface area is 149 Å². The molecule has 1 saturated carbocycles. The second kappa shape index (κ2) is 7.75. The summed E-state index contributed by atoms with van der Waals surface area (Å²) in [6, 6.07) is 8.35. The fraction of sp³-hybridized carbons (Fsp3) is 0.650. The van der Waals surface area contributed by atoms with Crippen LogP contribution < -0.4 is 10.6 Å². The number of rotatable bonds is 6. The van der Waals surface area contributed by atoms with Crippen molar-refractivity contribution in [3.05, 3.63) is 35.4 Å². The van der Waals surface area contributed by atoms with Gasteiger partial charge in [-0.2, -0.15) is 0 Å². The summed E-state index contributed by atoms with van der Waals surface area (Å²) >= 11 is 0. The number of urea groups is 1. The van der Waals surface area contributed by atoms with Crippen LogP contribution in [0.2, 0.25) is 0 Å². The molecule has 1 aliphatic carbocycles. The van der Waals surface area contributed by atoms with Gasteiger partial charge in [-0.3, -0.25) is 0 Å². The van der Waals surface area contributed by atoms with Gasteiger partial charge in [0.25, 0.3) is 0 Å². The largest absolute Gasteiger partial charge is 0.374 e. The van der Waals surface area contributed by atoms with Crippen molar-refractivity contribution >= 4 is 6.03 Å². The molecule has 136 valence electrons. The highest BCUT2D eigenvalue weighted by molar-refractivity contribution is 5.74. The molecule has 1 aromatic rings. The Morgan fingerprint density at radius 3 is 2.76 bits per heavy atom. The van der Waals surface area contributed by atoms with Gasteiger partial charge in [-0.25, -0.2) is 4.79 Å². The van der Waals surface area contributed by atoms with Gasteiger partial charge >= 0.3 is 6.03 Å². The van der Waals surface area contributed by atoms with Crippen LogP contribution in [-0.2, 0) is 22.6 Å². The van der Waals surface area contributed by atoms with Gasteiger partial charge in [0.1, 0.15) is 0 Å². The maximum Gasteiger partial charge on any atom is 0.315 e. The Hall–Kier alpha value is -1.59. The molecule has 5 heteroatoms. The molecule has 2 amide bonds. The Kier molecular flexibility index (Phi) is 5.22. The molecule has 0 radical (unpaired) electrons. The topological polar surface area (TPSA) is 59.6 Å². The number of carbonyl (C=O) groups excluding carboxylic acids is 1. The molecule has 2 saturated heterocycles. The maximum atomic E-state index is 12.1. The molecule has 4 rings (SSSR count). The first-order valence-electron chi connectivity index (χ1n) is 9.65. The SMILES string of the molecule is O=C(NCc1cccc(COC2CCCC2)c1)N[C@@H]1C[C@H]2CC[C@H]1O2. The molecule has 2 aliphatic heterocycles. The summed E-state index contributed by atoms with van der Waals surface area (Å²) in [6.07, 6.45) is 9.11. The summed E-state index contributed by atoms with van der Waals surface area (Å²) in [6.45, 7) is 1.19. The summed E-state index contributed by atoms with van der Waals surface area (Å²) in [5, 5.41) is 6.02. The first kappa shape index (κ1) is 16.9. The fourth-order valence-electron chi connectivity index (χ4n) is 4.29. The lowest BCUT2D eigenvalue weighted by Gasteiger charge is -2.20. The summed E-state index contributed by atoms with van der Waals surface area (Å²) in [5.41, 5.74) is 2.28. The van der Waals surface area contributed by atoms with E-state index in [4.69, 9.17) is 9.47 Å². The number of carbonyl (C=O) groups is 1. The summed E-state index contributed by atoms with van der Waals surface area (Å²) < 4.78 is 11.7. The molecular weight excluding hydrogens is 316 g/mol. The molecule has 0 unspecified atom stereocenters. The van der Waals surface area contributed by atoms with Gasteiger partial charge < -0.3 is 20.1 Å². The second-order valence-electron chi connectivity index (χ2n) is 7.58. The van der Waals surface area contributed by atoms with Crippen LogP contribution in [0.1, 0.15) is 56.1 Å². The van der Waals surface area contributed by atoms with E-state index >= 15 is 0 Å². The van der Waals surface area contributed by atoms with Crippen molar-refractivity contribution < 1.29 is 14.3 Å². The van der Waals surface area contributed by atoms with Gasteiger partial charge in [0.05, 0.1) is 31.0 Å². The van der Waals surface area contributed by atoms with E-state index in [0.29, 0.717) is 25.4 Å². The monoisotopic (exact) mass is 344 g/mol. The molecule has 3 aliphatic rings. The molecule has 1 aromatic carbocycles. The summed E-state index contributed by atoms with van der Waals surface area (Å²) in [7, 11) is 0.